The number of alkyl carbamates (subject to hydrolysis) is 1. The van der Waals surface area contributed by atoms with Crippen molar-refractivity contribution in [1.82, 2.24) is 10.6 Å². The van der Waals surface area contributed by atoms with Crippen LogP contribution in [0.4, 0.5) is 4.79 Å². The predicted octanol–water partition coefficient (Wildman–Crippen LogP) is 0.732. The van der Waals surface area contributed by atoms with Crippen LogP contribution in [0.15, 0.2) is 0 Å². The van der Waals surface area contributed by atoms with Gasteiger partial charge in [0.2, 0.25) is 0 Å². The van der Waals surface area contributed by atoms with Gasteiger partial charge in [0.1, 0.15) is 0 Å². The van der Waals surface area contributed by atoms with E-state index >= 15 is 0 Å². The number of amides is 1. The van der Waals surface area contributed by atoms with Crippen LogP contribution in [0.25, 0.3) is 0 Å². The highest BCUT2D eigenvalue weighted by molar-refractivity contribution is 5.66. The molecule has 0 aliphatic heterocycles. The molecule has 0 aromatic carbocycles. The molecule has 0 radical (unpaired) electrons. The Labute approximate surface area is 73.7 Å². The van der Waals surface area contributed by atoms with Gasteiger partial charge in [-0.1, -0.05) is 6.92 Å². The van der Waals surface area contributed by atoms with Gasteiger partial charge in [-0.25, -0.2) is 4.79 Å². The third-order valence-electron chi connectivity index (χ3n) is 1.27. The molecule has 0 unspecified atom stereocenters. The fourth-order valence-corrected chi connectivity index (χ4v) is 0.737. The summed E-state index contributed by atoms with van der Waals surface area (Å²) in [5, 5.41) is 5.78. The van der Waals surface area contributed by atoms with E-state index in [1.807, 2.05) is 0 Å². The lowest BCUT2D eigenvalue weighted by molar-refractivity contribution is 0.152. The Kier molecular flexibility index (Phi) is 7.79. The molecular formula is C8H18N2O2. The SMILES string of the molecule is CCCNCCNC(=O)OCC. The van der Waals surface area contributed by atoms with Gasteiger partial charge in [0, 0.05) is 13.1 Å². The van der Waals surface area contributed by atoms with Crippen LogP contribution in [0.3, 0.4) is 0 Å². The topological polar surface area (TPSA) is 50.4 Å². The minimum atomic E-state index is -0.337. The van der Waals surface area contributed by atoms with Crippen LogP contribution in [0.1, 0.15) is 20.3 Å². The van der Waals surface area contributed by atoms with Crippen molar-refractivity contribution in [2.24, 2.45) is 0 Å². The number of nitrogens with one attached hydrogen (secondary N) is 2. The first-order valence-corrected chi connectivity index (χ1v) is 4.42. The van der Waals surface area contributed by atoms with E-state index in [0.717, 1.165) is 19.5 Å². The van der Waals surface area contributed by atoms with E-state index in [1.54, 1.807) is 6.92 Å². The van der Waals surface area contributed by atoms with Crippen molar-refractivity contribution in [1.29, 1.82) is 0 Å². The quantitative estimate of drug-likeness (QED) is 0.584. The largest absolute Gasteiger partial charge is 0.450 e. The van der Waals surface area contributed by atoms with Crippen LogP contribution in [-0.4, -0.2) is 32.3 Å². The van der Waals surface area contributed by atoms with Gasteiger partial charge >= 0.3 is 6.09 Å². The molecule has 0 saturated carbocycles. The second-order valence-electron chi connectivity index (χ2n) is 2.40. The van der Waals surface area contributed by atoms with Crippen LogP contribution >= 0.6 is 0 Å². The lowest BCUT2D eigenvalue weighted by atomic mass is 10.5. The number of ether oxygens (including phenoxy) is 1. The third-order valence-corrected chi connectivity index (χ3v) is 1.27. The van der Waals surface area contributed by atoms with Gasteiger partial charge < -0.3 is 15.4 Å². The monoisotopic (exact) mass is 174 g/mol. The van der Waals surface area contributed by atoms with E-state index in [4.69, 9.17) is 0 Å². The minimum absolute atomic E-state index is 0.337. The summed E-state index contributed by atoms with van der Waals surface area (Å²) in [5.41, 5.74) is 0. The van der Waals surface area contributed by atoms with Crippen molar-refractivity contribution in [3.63, 3.8) is 0 Å². The highest BCUT2D eigenvalue weighted by Crippen LogP contribution is 1.74. The first-order chi connectivity index (χ1) is 5.81. The Morgan fingerprint density at radius 1 is 1.25 bits per heavy atom. The van der Waals surface area contributed by atoms with Crippen molar-refractivity contribution < 1.29 is 9.53 Å². The number of hydrogen-bond acceptors (Lipinski definition) is 3. The molecule has 1 amide bonds. The van der Waals surface area contributed by atoms with Crippen molar-refractivity contribution in [3.05, 3.63) is 0 Å². The average molecular weight is 174 g/mol. The molecule has 0 aliphatic carbocycles. The number of hydrogen-bond donors (Lipinski definition) is 2. The van der Waals surface area contributed by atoms with Crippen LogP contribution in [0.5, 0.6) is 0 Å². The summed E-state index contributed by atoms with van der Waals surface area (Å²) in [7, 11) is 0. The van der Waals surface area contributed by atoms with E-state index < -0.39 is 0 Å². The van der Waals surface area contributed by atoms with Crippen LogP contribution in [-0.2, 0) is 4.74 Å². The van der Waals surface area contributed by atoms with Crippen molar-refractivity contribution >= 4 is 6.09 Å². The fraction of sp³-hybridized carbons (Fsp3) is 0.875. The summed E-state index contributed by atoms with van der Waals surface area (Å²) < 4.78 is 4.67. The molecule has 0 aromatic heterocycles. The maximum absolute atomic E-state index is 10.7. The summed E-state index contributed by atoms with van der Waals surface area (Å²) in [4.78, 5) is 10.7. The van der Waals surface area contributed by atoms with Crippen LogP contribution in [0, 0.1) is 0 Å². The van der Waals surface area contributed by atoms with Gasteiger partial charge in [0.25, 0.3) is 0 Å². The summed E-state index contributed by atoms with van der Waals surface area (Å²) in [5.74, 6) is 0. The standard InChI is InChI=1S/C8H18N2O2/c1-3-5-9-6-7-10-8(11)12-4-2/h9H,3-7H2,1-2H3,(H,10,11). The van der Waals surface area contributed by atoms with Crippen LogP contribution < -0.4 is 10.6 Å². The van der Waals surface area contributed by atoms with Gasteiger partial charge in [-0.05, 0) is 19.9 Å². The van der Waals surface area contributed by atoms with E-state index in [9.17, 15) is 4.79 Å². The number of carbonyl (C=O) groups excluding carboxylic acids is 1. The lowest BCUT2D eigenvalue weighted by Gasteiger charge is -2.05. The first-order valence-electron chi connectivity index (χ1n) is 4.42. The normalized spacial score (nSPS) is 9.50. The molecule has 0 heterocycles. The minimum Gasteiger partial charge on any atom is -0.450 e. The molecule has 0 aliphatic rings. The molecule has 0 rings (SSSR count). The molecule has 0 aromatic rings. The van der Waals surface area contributed by atoms with Crippen LogP contribution in [0.2, 0.25) is 0 Å². The Bertz CT molecular complexity index is 118. The maximum atomic E-state index is 10.7. The van der Waals surface area contributed by atoms with E-state index in [2.05, 4.69) is 22.3 Å². The predicted molar refractivity (Wildman–Crippen MR) is 48.2 cm³/mol. The number of carbonyl (C=O) groups is 1. The van der Waals surface area contributed by atoms with Gasteiger partial charge in [-0.15, -0.1) is 0 Å². The molecule has 0 saturated heterocycles. The molecule has 72 valence electrons. The number of rotatable bonds is 6. The van der Waals surface area contributed by atoms with Crippen molar-refractivity contribution in [3.8, 4) is 0 Å². The summed E-state index contributed by atoms with van der Waals surface area (Å²) in [6.07, 6.45) is 0.773. The third kappa shape index (κ3) is 7.34. The van der Waals surface area contributed by atoms with Crippen molar-refractivity contribution in [2.45, 2.75) is 20.3 Å². The summed E-state index contributed by atoms with van der Waals surface area (Å²) in [6, 6.07) is 0. The van der Waals surface area contributed by atoms with Gasteiger partial charge in [0.05, 0.1) is 6.61 Å². The molecule has 0 atom stereocenters. The molecule has 12 heavy (non-hydrogen) atoms. The molecule has 4 heteroatoms. The lowest BCUT2D eigenvalue weighted by Crippen LogP contribution is -2.32. The van der Waals surface area contributed by atoms with E-state index in [1.165, 1.54) is 0 Å². The Morgan fingerprint density at radius 2 is 2.00 bits per heavy atom. The highest BCUT2D eigenvalue weighted by atomic mass is 16.5. The fourth-order valence-electron chi connectivity index (χ4n) is 0.737. The highest BCUT2D eigenvalue weighted by Gasteiger charge is 1.96. The molecular weight excluding hydrogens is 156 g/mol. The van der Waals surface area contributed by atoms with Gasteiger partial charge in [0.15, 0.2) is 0 Å². The van der Waals surface area contributed by atoms with Crippen molar-refractivity contribution in [2.75, 3.05) is 26.2 Å². The summed E-state index contributed by atoms with van der Waals surface area (Å²) >= 11 is 0. The maximum Gasteiger partial charge on any atom is 0.407 e. The van der Waals surface area contributed by atoms with E-state index in [-0.39, 0.29) is 6.09 Å². The zero-order chi connectivity index (χ0) is 9.23. The Hall–Kier alpha value is -0.770. The second kappa shape index (κ2) is 8.33. The molecule has 2 N–H and O–H groups in total. The van der Waals surface area contributed by atoms with Gasteiger partial charge in [-0.3, -0.25) is 0 Å². The average Bonchev–Trinajstić information content (AvgIpc) is 2.05. The zero-order valence-corrected chi connectivity index (χ0v) is 7.85. The molecule has 0 spiro atoms. The van der Waals surface area contributed by atoms with Gasteiger partial charge in [-0.2, -0.15) is 0 Å². The molecule has 4 nitrogen and oxygen atoms in total. The summed E-state index contributed by atoms with van der Waals surface area (Å²) in [6.45, 7) is 6.73. The van der Waals surface area contributed by atoms with E-state index in [0.29, 0.717) is 13.2 Å². The first kappa shape index (κ1) is 11.2. The smallest absolute Gasteiger partial charge is 0.407 e. The zero-order valence-electron chi connectivity index (χ0n) is 7.85. The Balaban J connectivity index is 3.03. The Morgan fingerprint density at radius 3 is 2.58 bits per heavy atom. The second-order valence-corrected chi connectivity index (χ2v) is 2.40. The molecule has 0 bridgehead atoms. The molecule has 0 fully saturated rings.